The average Bonchev–Trinajstić information content (AvgIpc) is 2.56. The molecule has 0 radical (unpaired) electrons. The van der Waals surface area contributed by atoms with Gasteiger partial charge in [-0.15, -0.1) is 0 Å². The van der Waals surface area contributed by atoms with Crippen molar-refractivity contribution in [2.24, 2.45) is 0 Å². The summed E-state index contributed by atoms with van der Waals surface area (Å²) in [6.07, 6.45) is 0. The standard InChI is InChI=1S/C19H12ClNO/c20-18-12-16(11-10-15(18)13-21)22-19-9-5-4-8-17(19)14-6-2-1-3-7-14/h1-12H. The minimum absolute atomic E-state index is 0.386. The van der Waals surface area contributed by atoms with Gasteiger partial charge in [0.1, 0.15) is 17.6 Å². The molecule has 0 amide bonds. The van der Waals surface area contributed by atoms with Crippen LogP contribution in [0.5, 0.6) is 11.5 Å². The molecule has 0 spiro atoms. The SMILES string of the molecule is N#Cc1ccc(Oc2ccccc2-c2ccccc2)cc1Cl. The number of halogens is 1. The molecule has 0 N–H and O–H groups in total. The molecule has 0 saturated heterocycles. The highest BCUT2D eigenvalue weighted by atomic mass is 35.5. The molecule has 3 heteroatoms. The minimum atomic E-state index is 0.386. The quantitative estimate of drug-likeness (QED) is 0.624. The van der Waals surface area contributed by atoms with E-state index in [1.807, 2.05) is 60.7 Å². The Balaban J connectivity index is 1.97. The zero-order valence-corrected chi connectivity index (χ0v) is 12.4. The van der Waals surface area contributed by atoms with Gasteiger partial charge in [-0.05, 0) is 23.8 Å². The van der Waals surface area contributed by atoms with Crippen molar-refractivity contribution in [2.75, 3.05) is 0 Å². The maximum absolute atomic E-state index is 8.92. The van der Waals surface area contributed by atoms with Crippen molar-refractivity contribution in [3.05, 3.63) is 83.4 Å². The van der Waals surface area contributed by atoms with Crippen molar-refractivity contribution >= 4 is 11.6 Å². The van der Waals surface area contributed by atoms with Crippen LogP contribution in [0.3, 0.4) is 0 Å². The normalized spacial score (nSPS) is 10.0. The number of hydrogen-bond donors (Lipinski definition) is 0. The largest absolute Gasteiger partial charge is 0.457 e. The van der Waals surface area contributed by atoms with Crippen LogP contribution in [0.4, 0.5) is 0 Å². The third-order valence-corrected chi connectivity index (χ3v) is 3.57. The van der Waals surface area contributed by atoms with Crippen molar-refractivity contribution in [2.45, 2.75) is 0 Å². The predicted molar refractivity (Wildman–Crippen MR) is 88.1 cm³/mol. The molecule has 0 aliphatic heterocycles. The third kappa shape index (κ3) is 2.95. The fourth-order valence-corrected chi connectivity index (χ4v) is 2.40. The van der Waals surface area contributed by atoms with E-state index >= 15 is 0 Å². The van der Waals surface area contributed by atoms with Gasteiger partial charge >= 0.3 is 0 Å². The second-order valence-corrected chi connectivity index (χ2v) is 5.12. The Morgan fingerprint density at radius 3 is 2.32 bits per heavy atom. The van der Waals surface area contributed by atoms with E-state index < -0.39 is 0 Å². The molecule has 0 aliphatic carbocycles. The van der Waals surface area contributed by atoms with Crippen LogP contribution in [0.15, 0.2) is 72.8 Å². The number of benzene rings is 3. The lowest BCUT2D eigenvalue weighted by Gasteiger charge is -2.11. The van der Waals surface area contributed by atoms with E-state index in [2.05, 4.69) is 0 Å². The number of ether oxygens (including phenoxy) is 1. The number of nitriles is 1. The summed E-state index contributed by atoms with van der Waals surface area (Å²) >= 11 is 6.05. The summed E-state index contributed by atoms with van der Waals surface area (Å²) in [5, 5.41) is 9.30. The van der Waals surface area contributed by atoms with Crippen LogP contribution in [-0.2, 0) is 0 Å². The molecule has 2 nitrogen and oxygen atoms in total. The minimum Gasteiger partial charge on any atom is -0.457 e. The van der Waals surface area contributed by atoms with Gasteiger partial charge in [0.25, 0.3) is 0 Å². The molecule has 3 aromatic carbocycles. The number of para-hydroxylation sites is 1. The molecule has 0 atom stereocenters. The Morgan fingerprint density at radius 2 is 1.59 bits per heavy atom. The number of nitrogens with zero attached hydrogens (tertiary/aromatic N) is 1. The lowest BCUT2D eigenvalue weighted by molar-refractivity contribution is 0.484. The molecular weight excluding hydrogens is 294 g/mol. The smallest absolute Gasteiger partial charge is 0.135 e. The lowest BCUT2D eigenvalue weighted by atomic mass is 10.0. The van der Waals surface area contributed by atoms with E-state index in [-0.39, 0.29) is 0 Å². The second kappa shape index (κ2) is 6.34. The summed E-state index contributed by atoms with van der Waals surface area (Å²) in [6.45, 7) is 0. The lowest BCUT2D eigenvalue weighted by Crippen LogP contribution is -1.89. The van der Waals surface area contributed by atoms with Gasteiger partial charge in [0.05, 0.1) is 10.6 Å². The molecule has 0 saturated carbocycles. The summed E-state index contributed by atoms with van der Waals surface area (Å²) < 4.78 is 5.95. The summed E-state index contributed by atoms with van der Waals surface area (Å²) in [6, 6.07) is 24.9. The molecule has 22 heavy (non-hydrogen) atoms. The van der Waals surface area contributed by atoms with Gasteiger partial charge in [-0.2, -0.15) is 5.26 Å². The Kier molecular flexibility index (Phi) is 4.09. The molecular formula is C19H12ClNO. The maximum atomic E-state index is 8.92. The van der Waals surface area contributed by atoms with Crippen molar-refractivity contribution in [1.29, 1.82) is 5.26 Å². The summed E-state index contributed by atoms with van der Waals surface area (Å²) in [7, 11) is 0. The predicted octanol–water partition coefficient (Wildman–Crippen LogP) is 5.67. The first-order valence-electron chi connectivity index (χ1n) is 6.80. The fourth-order valence-electron chi connectivity index (χ4n) is 2.19. The van der Waals surface area contributed by atoms with Gasteiger partial charge in [0, 0.05) is 11.6 Å². The average molecular weight is 306 g/mol. The van der Waals surface area contributed by atoms with Gasteiger partial charge in [-0.1, -0.05) is 60.1 Å². The molecule has 106 valence electrons. The first kappa shape index (κ1) is 14.2. The van der Waals surface area contributed by atoms with Crippen LogP contribution in [0.25, 0.3) is 11.1 Å². The Bertz CT molecular complexity index is 838. The zero-order valence-electron chi connectivity index (χ0n) is 11.7. The first-order chi connectivity index (χ1) is 10.8. The van der Waals surface area contributed by atoms with Gasteiger partial charge in [-0.25, -0.2) is 0 Å². The third-order valence-electron chi connectivity index (χ3n) is 3.26. The first-order valence-corrected chi connectivity index (χ1v) is 7.17. The topological polar surface area (TPSA) is 33.0 Å². The second-order valence-electron chi connectivity index (χ2n) is 4.72. The van der Waals surface area contributed by atoms with E-state index in [4.69, 9.17) is 21.6 Å². The molecule has 0 aromatic heterocycles. The van der Waals surface area contributed by atoms with Crippen LogP contribution in [0.2, 0.25) is 5.02 Å². The van der Waals surface area contributed by atoms with Crippen LogP contribution in [0.1, 0.15) is 5.56 Å². The summed E-state index contributed by atoms with van der Waals surface area (Å²) in [4.78, 5) is 0. The molecule has 0 bridgehead atoms. The van der Waals surface area contributed by atoms with Crippen molar-refractivity contribution in [3.8, 4) is 28.7 Å². The van der Waals surface area contributed by atoms with Crippen LogP contribution < -0.4 is 4.74 Å². The van der Waals surface area contributed by atoms with E-state index in [1.54, 1.807) is 18.2 Å². The highest BCUT2D eigenvalue weighted by molar-refractivity contribution is 6.31. The van der Waals surface area contributed by atoms with E-state index in [0.717, 1.165) is 16.9 Å². The van der Waals surface area contributed by atoms with Gasteiger partial charge in [0.15, 0.2) is 0 Å². The monoisotopic (exact) mass is 305 g/mol. The molecule has 0 fully saturated rings. The number of rotatable bonds is 3. The van der Waals surface area contributed by atoms with E-state index in [1.165, 1.54) is 0 Å². The Labute approximate surface area is 134 Å². The Hall–Kier alpha value is -2.76. The van der Waals surface area contributed by atoms with Crippen LogP contribution in [0, 0.1) is 11.3 Å². The maximum Gasteiger partial charge on any atom is 0.135 e. The van der Waals surface area contributed by atoms with Crippen molar-refractivity contribution in [3.63, 3.8) is 0 Å². The summed E-state index contributed by atoms with van der Waals surface area (Å²) in [5.41, 5.74) is 2.52. The summed E-state index contributed by atoms with van der Waals surface area (Å²) in [5.74, 6) is 1.35. The van der Waals surface area contributed by atoms with Gasteiger partial charge < -0.3 is 4.74 Å². The van der Waals surface area contributed by atoms with Crippen LogP contribution >= 0.6 is 11.6 Å². The fraction of sp³-hybridized carbons (Fsp3) is 0. The van der Waals surface area contributed by atoms with Crippen molar-refractivity contribution < 1.29 is 4.74 Å². The Morgan fingerprint density at radius 1 is 0.864 bits per heavy atom. The highest BCUT2D eigenvalue weighted by Gasteiger charge is 2.08. The molecule has 3 rings (SSSR count). The molecule has 0 aliphatic rings. The van der Waals surface area contributed by atoms with Gasteiger partial charge in [-0.3, -0.25) is 0 Å². The van der Waals surface area contributed by atoms with E-state index in [9.17, 15) is 0 Å². The van der Waals surface area contributed by atoms with Gasteiger partial charge in [0.2, 0.25) is 0 Å². The highest BCUT2D eigenvalue weighted by Crippen LogP contribution is 2.34. The molecule has 3 aromatic rings. The van der Waals surface area contributed by atoms with Crippen LogP contribution in [-0.4, -0.2) is 0 Å². The number of hydrogen-bond acceptors (Lipinski definition) is 2. The molecule has 0 heterocycles. The zero-order chi connectivity index (χ0) is 15.4. The van der Waals surface area contributed by atoms with Crippen molar-refractivity contribution in [1.82, 2.24) is 0 Å². The van der Waals surface area contributed by atoms with E-state index in [0.29, 0.717) is 16.3 Å². The molecule has 0 unspecified atom stereocenters.